The van der Waals surface area contributed by atoms with Crippen LogP contribution in [-0.4, -0.2) is 21.1 Å². The Bertz CT molecular complexity index is 1210. The van der Waals surface area contributed by atoms with Crippen LogP contribution in [0.5, 0.6) is 0 Å². The molecule has 142 valence electrons. The van der Waals surface area contributed by atoms with Gasteiger partial charge in [-0.15, -0.1) is 0 Å². The van der Waals surface area contributed by atoms with Crippen LogP contribution in [0.15, 0.2) is 78.0 Å². The first-order chi connectivity index (χ1) is 14.1. The van der Waals surface area contributed by atoms with Gasteiger partial charge in [-0.1, -0.05) is 12.1 Å². The quantitative estimate of drug-likeness (QED) is 0.302. The zero-order chi connectivity index (χ0) is 20.2. The van der Waals surface area contributed by atoms with Crippen molar-refractivity contribution in [3.63, 3.8) is 0 Å². The Hall–Kier alpha value is -4.20. The number of benzene rings is 2. The van der Waals surface area contributed by atoms with E-state index in [-0.39, 0.29) is 11.5 Å². The summed E-state index contributed by atoms with van der Waals surface area (Å²) >= 11 is 0. The number of pyridine rings is 2. The van der Waals surface area contributed by atoms with Crippen LogP contribution >= 0.6 is 0 Å². The molecule has 0 bridgehead atoms. The highest BCUT2D eigenvalue weighted by Gasteiger charge is 2.10. The molecule has 1 N–H and O–H groups in total. The molecule has 0 aliphatic rings. The number of nitrogens with one attached hydrogen (secondary N) is 1. The van der Waals surface area contributed by atoms with E-state index >= 15 is 0 Å². The molecule has 0 aliphatic carbocycles. The predicted molar refractivity (Wildman–Crippen MR) is 109 cm³/mol. The fourth-order valence-electron chi connectivity index (χ4n) is 2.79. The predicted octanol–water partition coefficient (Wildman–Crippen LogP) is 4.79. The van der Waals surface area contributed by atoms with Crippen LogP contribution in [-0.2, 0) is 0 Å². The number of hydrazone groups is 1. The Morgan fingerprint density at radius 2 is 1.83 bits per heavy atom. The maximum atomic E-state index is 13.3. The number of hydrogen-bond donors (Lipinski definition) is 1. The molecule has 0 saturated carbocycles. The third-order valence-electron chi connectivity index (χ3n) is 4.23. The summed E-state index contributed by atoms with van der Waals surface area (Å²) in [6.07, 6.45) is 3.18. The Kier molecular flexibility index (Phi) is 4.90. The number of fused-ring (bicyclic) bond motifs is 1. The number of hydrogen-bond acceptors (Lipinski definition) is 6. The molecular formula is C21H14FN5O2. The van der Waals surface area contributed by atoms with Crippen LogP contribution in [0.1, 0.15) is 5.56 Å². The summed E-state index contributed by atoms with van der Waals surface area (Å²) < 4.78 is 13.3. The lowest BCUT2D eigenvalue weighted by Crippen LogP contribution is -1.98. The molecule has 2 heterocycles. The van der Waals surface area contributed by atoms with Crippen molar-refractivity contribution in [2.75, 3.05) is 5.43 Å². The summed E-state index contributed by atoms with van der Waals surface area (Å²) in [7, 11) is 0. The third kappa shape index (κ3) is 4.06. The van der Waals surface area contributed by atoms with Gasteiger partial charge in [-0.2, -0.15) is 5.10 Å². The summed E-state index contributed by atoms with van der Waals surface area (Å²) in [4.78, 5) is 19.1. The number of halogens is 1. The van der Waals surface area contributed by atoms with Crippen molar-refractivity contribution < 1.29 is 9.31 Å². The minimum Gasteiger partial charge on any atom is -0.261 e. The van der Waals surface area contributed by atoms with E-state index in [0.717, 1.165) is 16.5 Å². The standard InChI is InChI=1S/C21H14FN5O2/c22-17-7-5-15(6-8-17)19-12-16-2-1-11-23-20(16)25-21(19)26-24-13-14-3-9-18(10-4-14)27(28)29/h1-13H,(H,23,25,26)/b24-13+. The number of aromatic nitrogens is 2. The monoisotopic (exact) mass is 387 g/mol. The lowest BCUT2D eigenvalue weighted by Gasteiger charge is -2.10. The molecule has 0 aliphatic heterocycles. The van der Waals surface area contributed by atoms with E-state index in [1.54, 1.807) is 30.5 Å². The zero-order valence-corrected chi connectivity index (χ0v) is 15.0. The minimum atomic E-state index is -0.458. The lowest BCUT2D eigenvalue weighted by atomic mass is 10.1. The van der Waals surface area contributed by atoms with Crippen molar-refractivity contribution in [1.29, 1.82) is 0 Å². The molecule has 2 aromatic heterocycles. The average Bonchev–Trinajstić information content (AvgIpc) is 2.74. The van der Waals surface area contributed by atoms with Crippen LogP contribution in [0.4, 0.5) is 15.9 Å². The first kappa shape index (κ1) is 18.2. The molecule has 4 aromatic rings. The van der Waals surface area contributed by atoms with Gasteiger partial charge in [-0.3, -0.25) is 15.5 Å². The molecule has 7 nitrogen and oxygen atoms in total. The number of anilines is 1. The van der Waals surface area contributed by atoms with E-state index in [4.69, 9.17) is 0 Å². The van der Waals surface area contributed by atoms with Gasteiger partial charge in [0.15, 0.2) is 11.5 Å². The Labute approximate surface area is 164 Å². The minimum absolute atomic E-state index is 0.0102. The van der Waals surface area contributed by atoms with Crippen LogP contribution < -0.4 is 5.43 Å². The second-order valence-electron chi connectivity index (χ2n) is 6.16. The molecule has 0 radical (unpaired) electrons. The van der Waals surface area contributed by atoms with Gasteiger partial charge in [0.05, 0.1) is 11.1 Å². The van der Waals surface area contributed by atoms with Crippen molar-refractivity contribution in [3.8, 4) is 11.1 Å². The normalized spacial score (nSPS) is 11.1. The molecule has 0 amide bonds. The zero-order valence-electron chi connectivity index (χ0n) is 15.0. The van der Waals surface area contributed by atoms with Crippen LogP contribution in [0.2, 0.25) is 0 Å². The molecular weight excluding hydrogens is 373 g/mol. The van der Waals surface area contributed by atoms with Gasteiger partial charge in [0.1, 0.15) is 5.82 Å². The van der Waals surface area contributed by atoms with Crippen LogP contribution in [0, 0.1) is 15.9 Å². The maximum Gasteiger partial charge on any atom is 0.269 e. The van der Waals surface area contributed by atoms with E-state index in [9.17, 15) is 14.5 Å². The van der Waals surface area contributed by atoms with E-state index < -0.39 is 4.92 Å². The van der Waals surface area contributed by atoms with Crippen molar-refractivity contribution >= 4 is 28.8 Å². The van der Waals surface area contributed by atoms with Gasteiger partial charge in [0, 0.05) is 29.3 Å². The molecule has 0 saturated heterocycles. The molecule has 0 spiro atoms. The van der Waals surface area contributed by atoms with Gasteiger partial charge < -0.3 is 0 Å². The van der Waals surface area contributed by atoms with Crippen molar-refractivity contribution in [2.45, 2.75) is 0 Å². The van der Waals surface area contributed by atoms with Gasteiger partial charge in [0.25, 0.3) is 5.69 Å². The smallest absolute Gasteiger partial charge is 0.261 e. The van der Waals surface area contributed by atoms with Crippen LogP contribution in [0.3, 0.4) is 0 Å². The first-order valence-corrected chi connectivity index (χ1v) is 8.65. The third-order valence-corrected chi connectivity index (χ3v) is 4.23. The molecule has 2 aromatic carbocycles. The fourth-order valence-corrected chi connectivity index (χ4v) is 2.79. The second kappa shape index (κ2) is 7.81. The Balaban J connectivity index is 1.67. The molecule has 0 fully saturated rings. The number of nitro benzene ring substituents is 1. The van der Waals surface area contributed by atoms with E-state index in [0.29, 0.717) is 17.0 Å². The van der Waals surface area contributed by atoms with Gasteiger partial charge in [-0.05, 0) is 53.6 Å². The van der Waals surface area contributed by atoms with E-state index in [1.165, 1.54) is 30.5 Å². The van der Waals surface area contributed by atoms with Crippen LogP contribution in [0.25, 0.3) is 22.2 Å². The molecule has 29 heavy (non-hydrogen) atoms. The average molecular weight is 387 g/mol. The molecule has 0 unspecified atom stereocenters. The summed E-state index contributed by atoms with van der Waals surface area (Å²) in [5.41, 5.74) is 5.66. The van der Waals surface area contributed by atoms with E-state index in [2.05, 4.69) is 20.5 Å². The number of non-ortho nitro benzene ring substituents is 1. The SMILES string of the molecule is O=[N+]([O-])c1ccc(/C=N/Nc2nc3ncccc3cc2-c2ccc(F)cc2)cc1. The van der Waals surface area contributed by atoms with Gasteiger partial charge in [0.2, 0.25) is 0 Å². The van der Waals surface area contributed by atoms with Gasteiger partial charge in [-0.25, -0.2) is 14.4 Å². The largest absolute Gasteiger partial charge is 0.269 e. The highest BCUT2D eigenvalue weighted by molar-refractivity contribution is 5.88. The van der Waals surface area contributed by atoms with E-state index in [1.807, 2.05) is 18.2 Å². The van der Waals surface area contributed by atoms with Crippen molar-refractivity contribution in [2.24, 2.45) is 5.10 Å². The highest BCUT2D eigenvalue weighted by Crippen LogP contribution is 2.29. The number of nitro groups is 1. The Morgan fingerprint density at radius 1 is 1.07 bits per heavy atom. The molecule has 8 heteroatoms. The maximum absolute atomic E-state index is 13.3. The van der Waals surface area contributed by atoms with Crippen molar-refractivity contribution in [1.82, 2.24) is 9.97 Å². The summed E-state index contributed by atoms with van der Waals surface area (Å²) in [5, 5.41) is 15.8. The number of nitrogens with zero attached hydrogens (tertiary/aromatic N) is 4. The molecule has 4 rings (SSSR count). The van der Waals surface area contributed by atoms with Crippen molar-refractivity contribution in [3.05, 3.63) is 94.4 Å². The lowest BCUT2D eigenvalue weighted by molar-refractivity contribution is -0.384. The Morgan fingerprint density at radius 3 is 2.55 bits per heavy atom. The fraction of sp³-hybridized carbons (Fsp3) is 0. The summed E-state index contributed by atoms with van der Waals surface area (Å²) in [6.45, 7) is 0. The summed E-state index contributed by atoms with van der Waals surface area (Å²) in [6, 6.07) is 17.7. The second-order valence-corrected chi connectivity index (χ2v) is 6.16. The highest BCUT2D eigenvalue weighted by atomic mass is 19.1. The number of rotatable bonds is 5. The topological polar surface area (TPSA) is 93.3 Å². The molecule has 0 atom stereocenters. The first-order valence-electron chi connectivity index (χ1n) is 8.65. The summed E-state index contributed by atoms with van der Waals surface area (Å²) in [5.74, 6) is 0.135. The van der Waals surface area contributed by atoms with Gasteiger partial charge >= 0.3 is 0 Å².